The van der Waals surface area contributed by atoms with E-state index in [2.05, 4.69) is 36.7 Å². The van der Waals surface area contributed by atoms with Gasteiger partial charge in [0.1, 0.15) is 30.3 Å². The Labute approximate surface area is 204 Å². The van der Waals surface area contributed by atoms with E-state index in [1.165, 1.54) is 0 Å². The fourth-order valence-corrected chi connectivity index (χ4v) is 3.51. The molecule has 0 saturated heterocycles. The number of nitrogens with zero attached hydrogens (tertiary/aromatic N) is 3. The van der Waals surface area contributed by atoms with E-state index < -0.39 is 5.91 Å². The number of benzene rings is 4. The predicted octanol–water partition coefficient (Wildman–Crippen LogP) is 6.30. The van der Waals surface area contributed by atoms with Crippen LogP contribution in [0.25, 0.3) is 10.8 Å². The number of likely N-dealkylation sites (N-methyl/N-ethyl adjacent to an activating group) is 1. The molecular weight excluding hydrogens is 440 g/mol. The van der Waals surface area contributed by atoms with Crippen molar-refractivity contribution in [3.8, 4) is 11.5 Å². The Morgan fingerprint density at radius 3 is 2.37 bits per heavy atom. The van der Waals surface area contributed by atoms with Crippen LogP contribution in [0.4, 0.5) is 17.1 Å². The maximum absolute atomic E-state index is 13.0. The second kappa shape index (κ2) is 10.4. The molecule has 4 aromatic rings. The molecule has 0 aromatic heterocycles. The molecule has 0 aliphatic heterocycles. The summed E-state index contributed by atoms with van der Waals surface area (Å²) in [6.07, 6.45) is 0. The Morgan fingerprint density at radius 2 is 1.60 bits per heavy atom. The van der Waals surface area contributed by atoms with Crippen molar-refractivity contribution in [3.05, 3.63) is 90.5 Å². The Kier molecular flexibility index (Phi) is 7.08. The number of hydrogen-bond donors (Lipinski definition) is 2. The van der Waals surface area contributed by atoms with Crippen LogP contribution in [0.1, 0.15) is 10.4 Å². The van der Waals surface area contributed by atoms with E-state index in [-0.39, 0.29) is 17.0 Å². The van der Waals surface area contributed by atoms with Crippen LogP contribution in [0.2, 0.25) is 0 Å². The highest BCUT2D eigenvalue weighted by Gasteiger charge is 2.19. The Balaban J connectivity index is 1.68. The third-order valence-corrected chi connectivity index (χ3v) is 5.41. The third kappa shape index (κ3) is 6.02. The van der Waals surface area contributed by atoms with Gasteiger partial charge < -0.3 is 19.6 Å². The molecule has 0 bridgehead atoms. The summed E-state index contributed by atoms with van der Waals surface area (Å²) in [5.74, 6) is -0.0595. The van der Waals surface area contributed by atoms with Crippen LogP contribution in [0, 0.1) is 0 Å². The largest absolute Gasteiger partial charge is 0.505 e. The highest BCUT2D eigenvalue weighted by Crippen LogP contribution is 2.40. The molecular formula is C28H29N4O3+. The Bertz CT molecular complexity index is 1360. The van der Waals surface area contributed by atoms with Gasteiger partial charge in [-0.25, -0.2) is 0 Å². The lowest BCUT2D eigenvalue weighted by atomic mass is 10.0. The molecule has 4 aromatic carbocycles. The fourth-order valence-electron chi connectivity index (χ4n) is 3.51. The van der Waals surface area contributed by atoms with Gasteiger partial charge in [0.15, 0.2) is 5.75 Å². The second-order valence-corrected chi connectivity index (χ2v) is 9.19. The predicted molar refractivity (Wildman–Crippen MR) is 139 cm³/mol. The molecule has 2 N–H and O–H groups in total. The summed E-state index contributed by atoms with van der Waals surface area (Å²) in [6.45, 7) is 1.36. The fraction of sp³-hybridized carbons (Fsp3) is 0.179. The van der Waals surface area contributed by atoms with Gasteiger partial charge in [-0.2, -0.15) is 0 Å². The number of fused-ring (bicyclic) bond motifs is 1. The number of azo groups is 1. The molecule has 4 rings (SSSR count). The van der Waals surface area contributed by atoms with Gasteiger partial charge in [0, 0.05) is 11.1 Å². The first kappa shape index (κ1) is 23.9. The molecule has 0 fully saturated rings. The molecule has 7 nitrogen and oxygen atoms in total. The standard InChI is InChI=1S/C28H28N4O3/c1-32(2,3)17-18-35-25-16-10-9-15-24(25)30-31-26-22-14-8-7-11-20(22)19-23(27(26)33)28(34)29-21-12-5-4-6-13-21/h4-16,19H,17-18H2,1-3H3,(H-,29,30,33,34)/p+1. The van der Waals surface area contributed by atoms with Gasteiger partial charge >= 0.3 is 0 Å². The van der Waals surface area contributed by atoms with E-state index in [1.54, 1.807) is 24.3 Å². The van der Waals surface area contributed by atoms with E-state index in [0.29, 0.717) is 29.1 Å². The summed E-state index contributed by atoms with van der Waals surface area (Å²) in [5.41, 5.74) is 1.51. The van der Waals surface area contributed by atoms with E-state index in [9.17, 15) is 9.90 Å². The maximum Gasteiger partial charge on any atom is 0.259 e. The molecule has 0 aliphatic rings. The quantitative estimate of drug-likeness (QED) is 0.235. The molecule has 7 heteroatoms. The molecule has 178 valence electrons. The topological polar surface area (TPSA) is 83.3 Å². The smallest absolute Gasteiger partial charge is 0.259 e. The molecule has 35 heavy (non-hydrogen) atoms. The van der Waals surface area contributed by atoms with Crippen molar-refractivity contribution in [2.75, 3.05) is 39.6 Å². The minimum absolute atomic E-state index is 0.119. The number of anilines is 1. The highest BCUT2D eigenvalue weighted by molar-refractivity contribution is 6.11. The van der Waals surface area contributed by atoms with Gasteiger partial charge in [0.05, 0.1) is 26.7 Å². The Morgan fingerprint density at radius 1 is 0.914 bits per heavy atom. The molecule has 0 atom stereocenters. The monoisotopic (exact) mass is 469 g/mol. The molecule has 0 saturated carbocycles. The number of hydrogen-bond acceptors (Lipinski definition) is 5. The van der Waals surface area contributed by atoms with Crippen molar-refractivity contribution in [1.82, 2.24) is 0 Å². The zero-order valence-corrected chi connectivity index (χ0v) is 20.1. The van der Waals surface area contributed by atoms with Crippen LogP contribution in [-0.4, -0.2) is 49.8 Å². The summed E-state index contributed by atoms with van der Waals surface area (Å²) in [6, 6.07) is 25.5. The molecule has 0 spiro atoms. The van der Waals surface area contributed by atoms with Crippen molar-refractivity contribution in [3.63, 3.8) is 0 Å². The number of para-hydroxylation sites is 2. The van der Waals surface area contributed by atoms with Crippen LogP contribution < -0.4 is 10.1 Å². The summed E-state index contributed by atoms with van der Waals surface area (Å²) < 4.78 is 6.73. The second-order valence-electron chi connectivity index (χ2n) is 9.19. The molecule has 0 aliphatic carbocycles. The molecule has 0 unspecified atom stereocenters. The van der Waals surface area contributed by atoms with E-state index >= 15 is 0 Å². The van der Waals surface area contributed by atoms with Crippen molar-refractivity contribution in [1.29, 1.82) is 0 Å². The first-order valence-electron chi connectivity index (χ1n) is 11.4. The average Bonchev–Trinajstić information content (AvgIpc) is 2.84. The van der Waals surface area contributed by atoms with Crippen molar-refractivity contribution < 1.29 is 19.1 Å². The maximum atomic E-state index is 13.0. The van der Waals surface area contributed by atoms with Crippen molar-refractivity contribution in [2.24, 2.45) is 10.2 Å². The average molecular weight is 470 g/mol. The van der Waals surface area contributed by atoms with Crippen LogP contribution in [0.3, 0.4) is 0 Å². The van der Waals surface area contributed by atoms with Gasteiger partial charge in [0.25, 0.3) is 5.91 Å². The SMILES string of the molecule is C[N+](C)(C)CCOc1ccccc1N=Nc1c(O)c(C(=O)Nc2ccccc2)cc2ccccc12. The summed E-state index contributed by atoms with van der Waals surface area (Å²) in [5, 5.41) is 24.1. The number of amides is 1. The van der Waals surface area contributed by atoms with E-state index in [4.69, 9.17) is 4.74 Å². The zero-order chi connectivity index (χ0) is 24.8. The zero-order valence-electron chi connectivity index (χ0n) is 20.1. The molecule has 1 amide bonds. The normalized spacial score (nSPS) is 11.6. The lowest BCUT2D eigenvalue weighted by molar-refractivity contribution is -0.870. The number of carbonyl (C=O) groups is 1. The Hall–Kier alpha value is -4.23. The number of ether oxygens (including phenoxy) is 1. The number of aromatic hydroxyl groups is 1. The third-order valence-electron chi connectivity index (χ3n) is 5.41. The van der Waals surface area contributed by atoms with Crippen LogP contribution >= 0.6 is 0 Å². The minimum Gasteiger partial charge on any atom is -0.505 e. The summed E-state index contributed by atoms with van der Waals surface area (Å²) in [4.78, 5) is 13.0. The van der Waals surface area contributed by atoms with Crippen LogP contribution in [0.5, 0.6) is 11.5 Å². The van der Waals surface area contributed by atoms with Gasteiger partial charge in [-0.05, 0) is 35.7 Å². The van der Waals surface area contributed by atoms with E-state index in [0.717, 1.165) is 16.4 Å². The lowest BCUT2D eigenvalue weighted by Gasteiger charge is -2.23. The number of carbonyl (C=O) groups excluding carboxylic acids is 1. The van der Waals surface area contributed by atoms with E-state index in [1.807, 2.05) is 60.7 Å². The number of phenols is 1. The number of nitrogens with one attached hydrogen (secondary N) is 1. The van der Waals surface area contributed by atoms with Gasteiger partial charge in [-0.1, -0.05) is 54.6 Å². The lowest BCUT2D eigenvalue weighted by Crippen LogP contribution is -2.38. The number of rotatable bonds is 8. The van der Waals surface area contributed by atoms with Gasteiger partial charge in [0.2, 0.25) is 0 Å². The van der Waals surface area contributed by atoms with Gasteiger partial charge in [-0.3, -0.25) is 4.79 Å². The number of quaternary nitrogens is 1. The first-order chi connectivity index (χ1) is 16.8. The molecule has 0 radical (unpaired) electrons. The molecule has 0 heterocycles. The first-order valence-corrected chi connectivity index (χ1v) is 11.4. The van der Waals surface area contributed by atoms with Crippen molar-refractivity contribution >= 4 is 33.7 Å². The number of phenolic OH excluding ortho intramolecular Hbond substituents is 1. The van der Waals surface area contributed by atoms with Crippen LogP contribution in [-0.2, 0) is 0 Å². The minimum atomic E-state index is -0.431. The summed E-state index contributed by atoms with van der Waals surface area (Å²) in [7, 11) is 6.30. The van der Waals surface area contributed by atoms with Crippen molar-refractivity contribution in [2.45, 2.75) is 0 Å². The highest BCUT2D eigenvalue weighted by atomic mass is 16.5. The summed E-state index contributed by atoms with van der Waals surface area (Å²) >= 11 is 0. The van der Waals surface area contributed by atoms with Gasteiger partial charge in [-0.15, -0.1) is 10.2 Å². The van der Waals surface area contributed by atoms with Crippen LogP contribution in [0.15, 0.2) is 95.2 Å².